The Kier molecular flexibility index (Phi) is 6.55. The lowest BCUT2D eigenvalue weighted by molar-refractivity contribution is 0.597. The lowest BCUT2D eigenvalue weighted by Crippen LogP contribution is -2.36. The first-order chi connectivity index (χ1) is 11.9. The largest absolute Gasteiger partial charge is 0.357 e. The number of primary sulfonamides is 1. The topological polar surface area (TPSA) is 96.6 Å². The van der Waals surface area contributed by atoms with E-state index in [1.165, 1.54) is 11.6 Å². The van der Waals surface area contributed by atoms with Gasteiger partial charge in [0.25, 0.3) is 0 Å². The molecule has 2 aromatic carbocycles. The van der Waals surface area contributed by atoms with E-state index in [0.29, 0.717) is 19.0 Å². The normalized spacial score (nSPS) is 12.0. The third-order valence-electron chi connectivity index (χ3n) is 3.53. The van der Waals surface area contributed by atoms with E-state index in [-0.39, 0.29) is 4.90 Å². The van der Waals surface area contributed by atoms with Gasteiger partial charge in [0.05, 0.1) is 11.4 Å². The van der Waals surface area contributed by atoms with E-state index in [9.17, 15) is 8.42 Å². The highest BCUT2D eigenvalue weighted by Crippen LogP contribution is 2.09. The zero-order chi connectivity index (χ0) is 18.3. The average Bonchev–Trinajstić information content (AvgIpc) is 2.57. The van der Waals surface area contributed by atoms with Crippen molar-refractivity contribution in [3.05, 3.63) is 65.2 Å². The molecule has 0 atom stereocenters. The molecule has 2 aromatic rings. The Labute approximate surface area is 149 Å². The van der Waals surface area contributed by atoms with Crippen molar-refractivity contribution >= 4 is 16.0 Å². The zero-order valence-corrected chi connectivity index (χ0v) is 15.3. The van der Waals surface area contributed by atoms with E-state index in [1.807, 2.05) is 25.1 Å². The molecule has 0 unspecified atom stereocenters. The van der Waals surface area contributed by atoms with Crippen LogP contribution in [0.3, 0.4) is 0 Å². The fourth-order valence-corrected chi connectivity index (χ4v) is 2.92. The summed E-state index contributed by atoms with van der Waals surface area (Å²) in [5.41, 5.74) is 3.14. The van der Waals surface area contributed by atoms with Crippen LogP contribution >= 0.6 is 0 Å². The molecule has 0 saturated carbocycles. The van der Waals surface area contributed by atoms with Crippen LogP contribution < -0.4 is 15.8 Å². The van der Waals surface area contributed by atoms with Gasteiger partial charge >= 0.3 is 0 Å². The van der Waals surface area contributed by atoms with E-state index in [2.05, 4.69) is 34.7 Å². The van der Waals surface area contributed by atoms with Gasteiger partial charge in [-0.25, -0.2) is 18.5 Å². The minimum atomic E-state index is -3.70. The zero-order valence-electron chi connectivity index (χ0n) is 14.5. The summed E-state index contributed by atoms with van der Waals surface area (Å²) in [6.45, 7) is 5.79. The smallest absolute Gasteiger partial charge is 0.238 e. The van der Waals surface area contributed by atoms with Crippen molar-refractivity contribution in [2.75, 3.05) is 6.54 Å². The molecule has 0 amide bonds. The first-order valence-electron chi connectivity index (χ1n) is 8.08. The predicted octanol–water partition coefficient (Wildman–Crippen LogP) is 1.90. The molecule has 0 aliphatic heterocycles. The van der Waals surface area contributed by atoms with Gasteiger partial charge in [-0.1, -0.05) is 42.0 Å². The van der Waals surface area contributed by atoms with Crippen molar-refractivity contribution in [3.63, 3.8) is 0 Å². The Morgan fingerprint density at radius 2 is 1.80 bits per heavy atom. The van der Waals surface area contributed by atoms with Gasteiger partial charge in [-0.15, -0.1) is 0 Å². The fourth-order valence-electron chi connectivity index (χ4n) is 2.34. The Morgan fingerprint density at radius 1 is 1.08 bits per heavy atom. The molecule has 0 bridgehead atoms. The van der Waals surface area contributed by atoms with Crippen molar-refractivity contribution in [1.82, 2.24) is 10.6 Å². The molecule has 0 fully saturated rings. The third-order valence-corrected chi connectivity index (χ3v) is 4.44. The number of guanidine groups is 1. The van der Waals surface area contributed by atoms with E-state index in [0.717, 1.165) is 17.7 Å². The van der Waals surface area contributed by atoms with Crippen LogP contribution in [0.25, 0.3) is 0 Å². The number of hydrogen-bond donors (Lipinski definition) is 3. The average molecular weight is 360 g/mol. The standard InChI is InChI=1S/C18H24N4O2S/c1-3-20-18(21-12-15-7-4-6-14(2)10-15)22-13-16-8-5-9-17(11-16)25(19,23)24/h4-11H,3,12-13H2,1-2H3,(H2,19,23,24)(H2,20,21,22). The Bertz CT molecular complexity index is 848. The van der Waals surface area contributed by atoms with Crippen molar-refractivity contribution in [1.29, 1.82) is 0 Å². The second kappa shape index (κ2) is 8.64. The lowest BCUT2D eigenvalue weighted by Gasteiger charge is -2.12. The summed E-state index contributed by atoms with van der Waals surface area (Å²) in [6.07, 6.45) is 0. The van der Waals surface area contributed by atoms with Crippen molar-refractivity contribution in [2.45, 2.75) is 31.8 Å². The molecule has 0 aromatic heterocycles. The highest BCUT2D eigenvalue weighted by Gasteiger charge is 2.08. The number of aryl methyl sites for hydroxylation is 1. The maximum absolute atomic E-state index is 11.4. The molecule has 134 valence electrons. The molecule has 2 rings (SSSR count). The summed E-state index contributed by atoms with van der Waals surface area (Å²) in [5.74, 6) is 0.671. The van der Waals surface area contributed by atoms with Crippen LogP contribution in [0.5, 0.6) is 0 Å². The SMILES string of the molecule is CCNC(=NCc1cccc(C)c1)NCc1cccc(S(N)(=O)=O)c1. The highest BCUT2D eigenvalue weighted by molar-refractivity contribution is 7.89. The van der Waals surface area contributed by atoms with Crippen LogP contribution in [0, 0.1) is 6.92 Å². The van der Waals surface area contributed by atoms with Crippen LogP contribution in [0.4, 0.5) is 0 Å². The molecule has 0 saturated heterocycles. The molecule has 25 heavy (non-hydrogen) atoms. The van der Waals surface area contributed by atoms with Gasteiger partial charge in [0.15, 0.2) is 5.96 Å². The first kappa shape index (κ1) is 19.0. The molecule has 0 heterocycles. The molecule has 0 aliphatic rings. The summed E-state index contributed by atoms with van der Waals surface area (Å²) in [5, 5.41) is 11.6. The number of benzene rings is 2. The van der Waals surface area contributed by atoms with Gasteiger partial charge < -0.3 is 10.6 Å². The number of hydrogen-bond acceptors (Lipinski definition) is 3. The maximum Gasteiger partial charge on any atom is 0.238 e. The number of nitrogens with one attached hydrogen (secondary N) is 2. The molecule has 0 aliphatic carbocycles. The Hall–Kier alpha value is -2.38. The van der Waals surface area contributed by atoms with Gasteiger partial charge in [0.1, 0.15) is 0 Å². The van der Waals surface area contributed by atoms with Crippen LogP contribution in [0.15, 0.2) is 58.4 Å². The van der Waals surface area contributed by atoms with Crippen molar-refractivity contribution < 1.29 is 8.42 Å². The quantitative estimate of drug-likeness (QED) is 0.541. The Morgan fingerprint density at radius 3 is 2.48 bits per heavy atom. The van der Waals surface area contributed by atoms with Crippen LogP contribution in [0.1, 0.15) is 23.6 Å². The van der Waals surface area contributed by atoms with Gasteiger partial charge in [0, 0.05) is 13.1 Å². The summed E-state index contributed by atoms with van der Waals surface area (Å²) >= 11 is 0. The minimum Gasteiger partial charge on any atom is -0.357 e. The first-order valence-corrected chi connectivity index (χ1v) is 9.62. The number of sulfonamides is 1. The summed E-state index contributed by atoms with van der Waals surface area (Å²) < 4.78 is 22.9. The van der Waals surface area contributed by atoms with Gasteiger partial charge in [0.2, 0.25) is 10.0 Å². The summed E-state index contributed by atoms with van der Waals surface area (Å²) in [6, 6.07) is 14.8. The molecule has 7 heteroatoms. The van der Waals surface area contributed by atoms with E-state index < -0.39 is 10.0 Å². The van der Waals surface area contributed by atoms with Crippen LogP contribution in [0.2, 0.25) is 0 Å². The van der Waals surface area contributed by atoms with E-state index in [1.54, 1.807) is 12.1 Å². The molecule has 4 N–H and O–H groups in total. The van der Waals surface area contributed by atoms with E-state index >= 15 is 0 Å². The number of rotatable bonds is 6. The predicted molar refractivity (Wildman–Crippen MR) is 101 cm³/mol. The lowest BCUT2D eigenvalue weighted by atomic mass is 10.1. The second-order valence-electron chi connectivity index (χ2n) is 5.73. The molecular formula is C18H24N4O2S. The Balaban J connectivity index is 2.05. The van der Waals surface area contributed by atoms with Crippen molar-refractivity contribution in [3.8, 4) is 0 Å². The van der Waals surface area contributed by atoms with Gasteiger partial charge in [-0.2, -0.15) is 0 Å². The van der Waals surface area contributed by atoms with Gasteiger partial charge in [-0.05, 0) is 37.1 Å². The fraction of sp³-hybridized carbons (Fsp3) is 0.278. The molecule has 6 nitrogen and oxygen atoms in total. The molecular weight excluding hydrogens is 336 g/mol. The van der Waals surface area contributed by atoms with Gasteiger partial charge in [-0.3, -0.25) is 0 Å². The molecule has 0 radical (unpaired) electrons. The van der Waals surface area contributed by atoms with Crippen LogP contribution in [-0.2, 0) is 23.1 Å². The monoisotopic (exact) mass is 360 g/mol. The van der Waals surface area contributed by atoms with Crippen molar-refractivity contribution in [2.24, 2.45) is 10.1 Å². The maximum atomic E-state index is 11.4. The molecule has 0 spiro atoms. The minimum absolute atomic E-state index is 0.105. The number of nitrogens with two attached hydrogens (primary N) is 1. The number of aliphatic imine (C=N–C) groups is 1. The summed E-state index contributed by atoms with van der Waals surface area (Å²) in [4.78, 5) is 4.67. The third kappa shape index (κ3) is 6.21. The summed E-state index contributed by atoms with van der Waals surface area (Å²) in [7, 11) is -3.70. The second-order valence-corrected chi connectivity index (χ2v) is 7.29. The number of nitrogens with zero attached hydrogens (tertiary/aromatic N) is 1. The highest BCUT2D eigenvalue weighted by atomic mass is 32.2. The van der Waals surface area contributed by atoms with Crippen LogP contribution in [-0.4, -0.2) is 20.9 Å². The van der Waals surface area contributed by atoms with E-state index in [4.69, 9.17) is 5.14 Å².